The molecule has 0 aliphatic rings. The Balaban J connectivity index is 0.000001000. The molecule has 1 aromatic heterocycles. The van der Waals surface area contributed by atoms with Crippen molar-refractivity contribution in [3.63, 3.8) is 0 Å². The smallest absolute Gasteiger partial charge is 0.258 e. The van der Waals surface area contributed by atoms with E-state index >= 15 is 0 Å². The number of hydrogen-bond acceptors (Lipinski definition) is 3. The van der Waals surface area contributed by atoms with E-state index in [0.717, 1.165) is 18.3 Å². The molecule has 1 aromatic rings. The highest BCUT2D eigenvalue weighted by Gasteiger charge is 2.04. The fraction of sp³-hybridized carbons (Fsp3) is 0. The molecule has 6 heteroatoms. The zero-order valence-corrected chi connectivity index (χ0v) is 5.27. The van der Waals surface area contributed by atoms with E-state index in [1.165, 1.54) is 0 Å². The number of hydrogen-bond donors (Lipinski definition) is 0. The zero-order valence-electron chi connectivity index (χ0n) is 5.27. The summed E-state index contributed by atoms with van der Waals surface area (Å²) in [5, 5.41) is 9.96. The minimum atomic E-state index is -0.839. The zero-order chi connectivity index (χ0) is 7.56. The molecule has 0 aromatic carbocycles. The van der Waals surface area contributed by atoms with E-state index in [-0.39, 0.29) is 11.8 Å². The Morgan fingerprint density at radius 2 is 2.27 bits per heavy atom. The molecule has 0 bridgehead atoms. The predicted molar refractivity (Wildman–Crippen MR) is 33.0 cm³/mol. The van der Waals surface area contributed by atoms with Gasteiger partial charge in [0.05, 0.1) is 11.0 Å². The van der Waals surface area contributed by atoms with Gasteiger partial charge in [0.25, 0.3) is 5.69 Å². The molecule has 1 rings (SSSR count). The standard InChI is InChI=1S/C5H3FN2O2.N/c6-5-3-4(8(9)10)1-2-7-5;/h1-3H;. The van der Waals surface area contributed by atoms with Crippen LogP contribution in [0.25, 0.3) is 0 Å². The number of aromatic nitrogens is 1. The Hall–Kier alpha value is -1.56. The molecule has 0 saturated heterocycles. The third-order valence-electron chi connectivity index (χ3n) is 0.921. The van der Waals surface area contributed by atoms with Gasteiger partial charge in [-0.15, -0.1) is 0 Å². The first-order valence-corrected chi connectivity index (χ1v) is 2.46. The molecule has 0 unspecified atom stereocenters. The molecular weight excluding hydrogens is 153 g/mol. The lowest BCUT2D eigenvalue weighted by Gasteiger charge is -1.87. The van der Waals surface area contributed by atoms with Crippen LogP contribution in [-0.4, -0.2) is 9.91 Å². The first kappa shape index (κ1) is 9.44. The quantitative estimate of drug-likeness (QED) is 0.339. The van der Waals surface area contributed by atoms with Crippen LogP contribution in [0, 0.1) is 16.1 Å². The summed E-state index contributed by atoms with van der Waals surface area (Å²) in [5.74, 6) is -0.839. The molecule has 0 amide bonds. The van der Waals surface area contributed by atoms with Gasteiger partial charge in [0.2, 0.25) is 5.95 Å². The van der Waals surface area contributed by atoms with E-state index in [2.05, 4.69) is 4.98 Å². The van der Waals surface area contributed by atoms with Gasteiger partial charge in [-0.05, 0) is 0 Å². The largest absolute Gasteiger partial charge is 0.275 e. The van der Waals surface area contributed by atoms with Gasteiger partial charge in [-0.3, -0.25) is 10.1 Å². The molecular formula is C5H3FN3O2. The predicted octanol–water partition coefficient (Wildman–Crippen LogP) is 0.648. The van der Waals surface area contributed by atoms with Crippen LogP contribution in [0.15, 0.2) is 18.3 Å². The lowest BCUT2D eigenvalue weighted by molar-refractivity contribution is -0.385. The van der Waals surface area contributed by atoms with E-state index in [9.17, 15) is 14.5 Å². The molecule has 0 atom stereocenters. The minimum absolute atomic E-state index is 0. The third-order valence-corrected chi connectivity index (χ3v) is 0.921. The van der Waals surface area contributed by atoms with Crippen LogP contribution in [-0.2, 0) is 0 Å². The number of halogens is 1. The van der Waals surface area contributed by atoms with Gasteiger partial charge < -0.3 is 0 Å². The lowest BCUT2D eigenvalue weighted by Crippen LogP contribution is -1.89. The second-order valence-corrected chi connectivity index (χ2v) is 1.59. The summed E-state index contributed by atoms with van der Waals surface area (Å²) in [5.41, 5.74) is -0.285. The molecule has 0 N–H and O–H groups in total. The number of pyridine rings is 1. The molecule has 5 nitrogen and oxygen atoms in total. The van der Waals surface area contributed by atoms with Crippen molar-refractivity contribution in [1.82, 2.24) is 11.1 Å². The van der Waals surface area contributed by atoms with Crippen LogP contribution >= 0.6 is 0 Å². The molecule has 3 radical (unpaired) electrons. The van der Waals surface area contributed by atoms with Crippen LogP contribution in [0.4, 0.5) is 10.1 Å². The Bertz CT molecular complexity index is 266. The van der Waals surface area contributed by atoms with Crippen molar-refractivity contribution in [2.75, 3.05) is 0 Å². The van der Waals surface area contributed by atoms with Crippen molar-refractivity contribution in [3.8, 4) is 0 Å². The highest BCUT2D eigenvalue weighted by molar-refractivity contribution is 5.25. The fourth-order valence-electron chi connectivity index (χ4n) is 0.506. The average Bonchev–Trinajstić information content (AvgIpc) is 1.88. The van der Waals surface area contributed by atoms with Gasteiger partial charge in [-0.2, -0.15) is 4.39 Å². The summed E-state index contributed by atoms with van der Waals surface area (Å²) in [6, 6.07) is 1.89. The van der Waals surface area contributed by atoms with Crippen molar-refractivity contribution in [3.05, 3.63) is 34.4 Å². The number of rotatable bonds is 1. The normalized spacial score (nSPS) is 8.45. The fourth-order valence-corrected chi connectivity index (χ4v) is 0.506. The minimum Gasteiger partial charge on any atom is -0.258 e. The second-order valence-electron chi connectivity index (χ2n) is 1.59. The average molecular weight is 156 g/mol. The summed E-state index contributed by atoms with van der Waals surface area (Å²) < 4.78 is 12.1. The maximum Gasteiger partial charge on any atom is 0.275 e. The molecule has 0 saturated carbocycles. The topological polar surface area (TPSA) is 86.5 Å². The van der Waals surface area contributed by atoms with Crippen molar-refractivity contribution in [2.24, 2.45) is 0 Å². The summed E-state index contributed by atoms with van der Waals surface area (Å²) in [6.07, 6.45) is 1.05. The van der Waals surface area contributed by atoms with Crippen molar-refractivity contribution >= 4 is 5.69 Å². The highest BCUT2D eigenvalue weighted by Crippen LogP contribution is 2.08. The van der Waals surface area contributed by atoms with Gasteiger partial charge in [0.1, 0.15) is 0 Å². The summed E-state index contributed by atoms with van der Waals surface area (Å²) in [6.45, 7) is 0. The van der Waals surface area contributed by atoms with E-state index < -0.39 is 10.9 Å². The van der Waals surface area contributed by atoms with Gasteiger partial charge in [-0.25, -0.2) is 4.98 Å². The molecule has 0 aliphatic carbocycles. The maximum absolute atomic E-state index is 12.1. The lowest BCUT2D eigenvalue weighted by atomic mass is 10.4. The van der Waals surface area contributed by atoms with E-state index in [4.69, 9.17) is 0 Å². The molecule has 0 spiro atoms. The SMILES string of the molecule is O=[N+]([O-])c1ccnc(F)c1.[N]. The summed E-state index contributed by atoms with van der Waals surface area (Å²) in [7, 11) is 0. The number of nitro groups is 1. The Morgan fingerprint density at radius 3 is 2.64 bits per heavy atom. The monoisotopic (exact) mass is 156 g/mol. The van der Waals surface area contributed by atoms with Gasteiger partial charge in [0.15, 0.2) is 0 Å². The summed E-state index contributed by atoms with van der Waals surface area (Å²) >= 11 is 0. The summed E-state index contributed by atoms with van der Waals surface area (Å²) in [4.78, 5) is 12.4. The van der Waals surface area contributed by atoms with Gasteiger partial charge >= 0.3 is 0 Å². The maximum atomic E-state index is 12.1. The van der Waals surface area contributed by atoms with Crippen LogP contribution < -0.4 is 6.15 Å². The highest BCUT2D eigenvalue weighted by atomic mass is 19.1. The molecule has 11 heavy (non-hydrogen) atoms. The first-order chi connectivity index (χ1) is 4.70. The van der Waals surface area contributed by atoms with E-state index in [0.29, 0.717) is 0 Å². The van der Waals surface area contributed by atoms with Gasteiger partial charge in [0, 0.05) is 18.4 Å². The van der Waals surface area contributed by atoms with Crippen molar-refractivity contribution < 1.29 is 9.31 Å². The van der Waals surface area contributed by atoms with Crippen LogP contribution in [0.5, 0.6) is 0 Å². The van der Waals surface area contributed by atoms with Crippen LogP contribution in [0.1, 0.15) is 0 Å². The second kappa shape index (κ2) is 3.57. The number of nitrogens with zero attached hydrogens (tertiary/aromatic N) is 3. The van der Waals surface area contributed by atoms with E-state index in [1.807, 2.05) is 0 Å². The van der Waals surface area contributed by atoms with Crippen LogP contribution in [0.2, 0.25) is 0 Å². The Morgan fingerprint density at radius 1 is 1.64 bits per heavy atom. The molecule has 1 heterocycles. The Labute approximate surface area is 61.6 Å². The van der Waals surface area contributed by atoms with Crippen LogP contribution in [0.3, 0.4) is 0 Å². The van der Waals surface area contributed by atoms with Crippen molar-refractivity contribution in [1.29, 1.82) is 0 Å². The third kappa shape index (κ3) is 2.26. The molecule has 0 fully saturated rings. The first-order valence-electron chi connectivity index (χ1n) is 2.46. The molecule has 0 aliphatic heterocycles. The molecule has 57 valence electrons. The van der Waals surface area contributed by atoms with Gasteiger partial charge in [-0.1, -0.05) is 0 Å². The van der Waals surface area contributed by atoms with E-state index in [1.54, 1.807) is 0 Å². The van der Waals surface area contributed by atoms with Crippen molar-refractivity contribution in [2.45, 2.75) is 0 Å². The Kier molecular flexibility index (Phi) is 3.06.